The van der Waals surface area contributed by atoms with Crippen LogP contribution >= 0.6 is 0 Å². The molecule has 0 saturated carbocycles. The zero-order valence-electron chi connectivity index (χ0n) is 10.1. The van der Waals surface area contributed by atoms with Crippen LogP contribution in [0.3, 0.4) is 0 Å². The summed E-state index contributed by atoms with van der Waals surface area (Å²) >= 11 is 0. The summed E-state index contributed by atoms with van der Waals surface area (Å²) in [5, 5.41) is 13.2. The molecule has 0 fully saturated rings. The molecule has 0 saturated heterocycles. The van der Waals surface area contributed by atoms with Gasteiger partial charge in [0.05, 0.1) is 5.69 Å². The van der Waals surface area contributed by atoms with Gasteiger partial charge in [-0.1, -0.05) is 0 Å². The Hall–Kier alpha value is -2.37. The van der Waals surface area contributed by atoms with Crippen LogP contribution in [-0.4, -0.2) is 25.8 Å². The normalized spacial score (nSPS) is 10.3. The van der Waals surface area contributed by atoms with Crippen molar-refractivity contribution in [2.75, 3.05) is 0 Å². The van der Waals surface area contributed by atoms with Gasteiger partial charge in [-0.25, -0.2) is 9.78 Å². The fraction of sp³-hybridized carbons (Fsp3) is 0.250. The summed E-state index contributed by atoms with van der Waals surface area (Å²) in [6.45, 7) is 1.95. The van der Waals surface area contributed by atoms with Crippen LogP contribution in [0.4, 0.5) is 0 Å². The second-order valence-electron chi connectivity index (χ2n) is 3.87. The molecule has 0 atom stereocenters. The number of carboxylic acid groups (broad SMARTS) is 1. The first kappa shape index (κ1) is 12.1. The summed E-state index contributed by atoms with van der Waals surface area (Å²) in [6, 6.07) is 5.12. The number of hydrogen-bond acceptors (Lipinski definition) is 4. The number of pyridine rings is 1. The molecule has 2 aromatic rings. The molecule has 6 heteroatoms. The Balaban J connectivity index is 2.16. The topological polar surface area (TPSA) is 77.2 Å². The van der Waals surface area contributed by atoms with Crippen molar-refractivity contribution in [3.05, 3.63) is 41.5 Å². The molecule has 0 aliphatic carbocycles. The van der Waals surface area contributed by atoms with Crippen molar-refractivity contribution < 1.29 is 14.6 Å². The minimum absolute atomic E-state index is 0.0778. The van der Waals surface area contributed by atoms with Crippen LogP contribution in [0, 0.1) is 6.92 Å². The van der Waals surface area contributed by atoms with E-state index in [1.54, 1.807) is 37.0 Å². The Morgan fingerprint density at radius 3 is 2.83 bits per heavy atom. The zero-order chi connectivity index (χ0) is 13.1. The summed E-state index contributed by atoms with van der Waals surface area (Å²) in [6.07, 6.45) is 1.80. The highest BCUT2D eigenvalue weighted by molar-refractivity contribution is 5.88. The van der Waals surface area contributed by atoms with Crippen LogP contribution in [0.5, 0.6) is 5.75 Å². The number of hydrogen-bond donors (Lipinski definition) is 1. The lowest BCUT2D eigenvalue weighted by Gasteiger charge is -2.07. The van der Waals surface area contributed by atoms with E-state index in [9.17, 15) is 4.79 Å². The Kier molecular flexibility index (Phi) is 3.27. The minimum Gasteiger partial charge on any atom is -0.485 e. The number of carbonyl (C=O) groups is 1. The first-order chi connectivity index (χ1) is 8.56. The molecule has 2 aromatic heterocycles. The maximum atomic E-state index is 11.0. The fourth-order valence-corrected chi connectivity index (χ4v) is 1.51. The van der Waals surface area contributed by atoms with Crippen LogP contribution in [-0.2, 0) is 13.7 Å². The van der Waals surface area contributed by atoms with Crippen molar-refractivity contribution in [1.82, 2.24) is 14.8 Å². The van der Waals surface area contributed by atoms with E-state index < -0.39 is 5.97 Å². The van der Waals surface area contributed by atoms with Gasteiger partial charge in [0.1, 0.15) is 6.61 Å². The van der Waals surface area contributed by atoms with Crippen LogP contribution in [0.1, 0.15) is 21.9 Å². The molecule has 1 N–H and O–H groups in total. The largest absolute Gasteiger partial charge is 0.485 e. The highest BCUT2D eigenvalue weighted by Crippen LogP contribution is 2.18. The van der Waals surface area contributed by atoms with Crippen molar-refractivity contribution >= 4 is 5.97 Å². The first-order valence-electron chi connectivity index (χ1n) is 5.38. The van der Waals surface area contributed by atoms with Crippen LogP contribution in [0.15, 0.2) is 24.4 Å². The van der Waals surface area contributed by atoms with Crippen molar-refractivity contribution in [3.8, 4) is 5.75 Å². The molecule has 6 nitrogen and oxygen atoms in total. The first-order valence-corrected chi connectivity index (χ1v) is 5.38. The van der Waals surface area contributed by atoms with E-state index in [1.165, 1.54) is 0 Å². The minimum atomic E-state index is -1.10. The summed E-state index contributed by atoms with van der Waals surface area (Å²) < 4.78 is 7.09. The predicted molar refractivity (Wildman–Crippen MR) is 63.5 cm³/mol. The SMILES string of the molecule is Cc1ccc(OCc2ccn(C)n2)c(C(=O)O)n1. The number of aromatic carboxylic acids is 1. The molecular formula is C12H13N3O3. The van der Waals surface area contributed by atoms with Gasteiger partial charge >= 0.3 is 5.97 Å². The summed E-state index contributed by atoms with van der Waals surface area (Å²) in [4.78, 5) is 15.0. The fourth-order valence-electron chi connectivity index (χ4n) is 1.51. The van der Waals surface area contributed by atoms with Gasteiger partial charge in [-0.3, -0.25) is 4.68 Å². The molecule has 0 radical (unpaired) electrons. The average molecular weight is 247 g/mol. The van der Waals surface area contributed by atoms with Gasteiger partial charge in [0.25, 0.3) is 0 Å². The summed E-state index contributed by atoms with van der Waals surface area (Å²) in [5.41, 5.74) is 1.29. The third-order valence-corrected chi connectivity index (χ3v) is 2.34. The molecule has 0 aliphatic rings. The Morgan fingerprint density at radius 1 is 1.44 bits per heavy atom. The van der Waals surface area contributed by atoms with Crippen molar-refractivity contribution in [2.45, 2.75) is 13.5 Å². The predicted octanol–water partition coefficient (Wildman–Crippen LogP) is 1.40. The number of aryl methyl sites for hydroxylation is 2. The quantitative estimate of drug-likeness (QED) is 0.883. The molecule has 2 heterocycles. The third kappa shape index (κ3) is 2.65. The smallest absolute Gasteiger partial charge is 0.358 e. The maximum absolute atomic E-state index is 11.0. The van der Waals surface area contributed by atoms with Gasteiger partial charge in [-0.05, 0) is 25.1 Å². The van der Waals surface area contributed by atoms with Crippen molar-refractivity contribution in [1.29, 1.82) is 0 Å². The molecule has 2 rings (SSSR count). The van der Waals surface area contributed by atoms with Gasteiger partial charge in [0.15, 0.2) is 11.4 Å². The lowest BCUT2D eigenvalue weighted by molar-refractivity contribution is 0.0684. The average Bonchev–Trinajstić information content (AvgIpc) is 2.73. The second kappa shape index (κ2) is 4.87. The van der Waals surface area contributed by atoms with Crippen LogP contribution in [0.25, 0.3) is 0 Å². The lowest BCUT2D eigenvalue weighted by atomic mass is 10.3. The lowest BCUT2D eigenvalue weighted by Crippen LogP contribution is -2.07. The highest BCUT2D eigenvalue weighted by Gasteiger charge is 2.13. The molecule has 0 aromatic carbocycles. The summed E-state index contributed by atoms with van der Waals surface area (Å²) in [7, 11) is 1.81. The van der Waals surface area contributed by atoms with Gasteiger partial charge < -0.3 is 9.84 Å². The third-order valence-electron chi connectivity index (χ3n) is 2.34. The van der Waals surface area contributed by atoms with Gasteiger partial charge in [-0.2, -0.15) is 5.10 Å². The zero-order valence-corrected chi connectivity index (χ0v) is 10.1. The van der Waals surface area contributed by atoms with Crippen LogP contribution < -0.4 is 4.74 Å². The van der Waals surface area contributed by atoms with E-state index in [0.717, 1.165) is 5.69 Å². The molecule has 0 spiro atoms. The van der Waals surface area contributed by atoms with Crippen molar-refractivity contribution in [2.24, 2.45) is 7.05 Å². The highest BCUT2D eigenvalue weighted by atomic mass is 16.5. The van der Waals surface area contributed by atoms with E-state index in [0.29, 0.717) is 5.69 Å². The standard InChI is InChI=1S/C12H13N3O3/c1-8-3-4-10(11(13-8)12(16)17)18-7-9-5-6-15(2)14-9/h3-6H,7H2,1-2H3,(H,16,17). The number of nitrogens with zero attached hydrogens (tertiary/aromatic N) is 3. The molecule has 0 amide bonds. The number of aromatic nitrogens is 3. The van der Waals surface area contributed by atoms with Crippen molar-refractivity contribution in [3.63, 3.8) is 0 Å². The van der Waals surface area contributed by atoms with E-state index >= 15 is 0 Å². The van der Waals surface area contributed by atoms with E-state index in [4.69, 9.17) is 9.84 Å². The molecule has 0 bridgehead atoms. The van der Waals surface area contributed by atoms with Gasteiger partial charge in [-0.15, -0.1) is 0 Å². The van der Waals surface area contributed by atoms with Crippen LogP contribution in [0.2, 0.25) is 0 Å². The Bertz CT molecular complexity index is 578. The Labute approximate surface area is 104 Å². The molecule has 18 heavy (non-hydrogen) atoms. The molecule has 94 valence electrons. The monoisotopic (exact) mass is 247 g/mol. The number of ether oxygens (including phenoxy) is 1. The maximum Gasteiger partial charge on any atom is 0.358 e. The number of rotatable bonds is 4. The van der Waals surface area contributed by atoms with E-state index in [1.807, 2.05) is 6.07 Å². The number of carboxylic acids is 1. The van der Waals surface area contributed by atoms with E-state index in [-0.39, 0.29) is 18.1 Å². The van der Waals surface area contributed by atoms with Gasteiger partial charge in [0.2, 0.25) is 0 Å². The van der Waals surface area contributed by atoms with Gasteiger partial charge in [0, 0.05) is 18.9 Å². The second-order valence-corrected chi connectivity index (χ2v) is 3.87. The Morgan fingerprint density at radius 2 is 2.22 bits per heavy atom. The van der Waals surface area contributed by atoms with E-state index in [2.05, 4.69) is 10.1 Å². The molecule has 0 aliphatic heterocycles. The molecular weight excluding hydrogens is 234 g/mol. The summed E-state index contributed by atoms with van der Waals surface area (Å²) in [5.74, 6) is -0.853. The molecule has 0 unspecified atom stereocenters.